The van der Waals surface area contributed by atoms with Crippen LogP contribution in [0.5, 0.6) is 0 Å². The summed E-state index contributed by atoms with van der Waals surface area (Å²) in [5, 5.41) is 16.0. The standard InChI is InChI=1S/C17H23ClN6/c1-19-17(20-11-13-7-4-5-8-14(13)18)21-12-16-23-22-15-9-3-2-6-10-24(15)16/h4-5,7-8H,2-3,6,9-12H2,1H3,(H2,19,20,21). The molecule has 1 aromatic carbocycles. The fraction of sp³-hybridized carbons (Fsp3) is 0.471. The average Bonchev–Trinajstić information content (AvgIpc) is 2.83. The molecule has 0 unspecified atom stereocenters. The molecule has 0 amide bonds. The number of aliphatic imine (C=N–C) groups is 1. The molecule has 2 aromatic rings. The van der Waals surface area contributed by atoms with Crippen LogP contribution in [0.1, 0.15) is 36.5 Å². The van der Waals surface area contributed by atoms with Gasteiger partial charge in [0.2, 0.25) is 0 Å². The Morgan fingerprint density at radius 3 is 2.83 bits per heavy atom. The van der Waals surface area contributed by atoms with Crippen LogP contribution in [0, 0.1) is 0 Å². The zero-order chi connectivity index (χ0) is 16.8. The summed E-state index contributed by atoms with van der Waals surface area (Å²) < 4.78 is 2.24. The van der Waals surface area contributed by atoms with E-state index in [4.69, 9.17) is 11.6 Å². The molecule has 0 radical (unpaired) electrons. The minimum absolute atomic E-state index is 0.606. The van der Waals surface area contributed by atoms with Crippen molar-refractivity contribution in [1.82, 2.24) is 25.4 Å². The van der Waals surface area contributed by atoms with Crippen LogP contribution in [0.3, 0.4) is 0 Å². The minimum Gasteiger partial charge on any atom is -0.352 e. The van der Waals surface area contributed by atoms with E-state index in [1.165, 1.54) is 19.3 Å². The first-order valence-corrected chi connectivity index (χ1v) is 8.74. The summed E-state index contributed by atoms with van der Waals surface area (Å²) in [6.45, 7) is 2.23. The highest BCUT2D eigenvalue weighted by atomic mass is 35.5. The predicted molar refractivity (Wildman–Crippen MR) is 96.1 cm³/mol. The molecule has 0 bridgehead atoms. The lowest BCUT2D eigenvalue weighted by molar-refractivity contribution is 0.596. The Morgan fingerprint density at radius 2 is 2.00 bits per heavy atom. The van der Waals surface area contributed by atoms with Crippen LogP contribution in [0.25, 0.3) is 0 Å². The first kappa shape index (κ1) is 16.8. The third kappa shape index (κ3) is 4.06. The van der Waals surface area contributed by atoms with Crippen molar-refractivity contribution in [2.45, 2.75) is 45.3 Å². The van der Waals surface area contributed by atoms with Crippen molar-refractivity contribution in [2.75, 3.05) is 7.05 Å². The van der Waals surface area contributed by atoms with Crippen LogP contribution >= 0.6 is 11.6 Å². The number of nitrogens with zero attached hydrogens (tertiary/aromatic N) is 4. The van der Waals surface area contributed by atoms with Crippen molar-refractivity contribution in [1.29, 1.82) is 0 Å². The SMILES string of the molecule is CN=C(NCc1ccccc1Cl)NCc1nnc2n1CCCCC2. The molecule has 3 rings (SSSR count). The van der Waals surface area contributed by atoms with E-state index in [0.717, 1.165) is 41.2 Å². The Balaban J connectivity index is 1.57. The molecule has 2 N–H and O–H groups in total. The van der Waals surface area contributed by atoms with Crippen molar-refractivity contribution in [3.8, 4) is 0 Å². The molecule has 0 fully saturated rings. The monoisotopic (exact) mass is 346 g/mol. The van der Waals surface area contributed by atoms with Gasteiger partial charge in [-0.05, 0) is 24.5 Å². The van der Waals surface area contributed by atoms with Gasteiger partial charge in [-0.1, -0.05) is 36.2 Å². The first-order chi connectivity index (χ1) is 11.8. The van der Waals surface area contributed by atoms with Crippen molar-refractivity contribution in [3.05, 3.63) is 46.5 Å². The van der Waals surface area contributed by atoms with E-state index in [9.17, 15) is 0 Å². The summed E-state index contributed by atoms with van der Waals surface area (Å²) in [4.78, 5) is 4.26. The van der Waals surface area contributed by atoms with Gasteiger partial charge >= 0.3 is 0 Å². The topological polar surface area (TPSA) is 67.1 Å². The quantitative estimate of drug-likeness (QED) is 0.659. The number of fused-ring (bicyclic) bond motifs is 1. The van der Waals surface area contributed by atoms with Crippen molar-refractivity contribution >= 4 is 17.6 Å². The van der Waals surface area contributed by atoms with Crippen molar-refractivity contribution in [3.63, 3.8) is 0 Å². The summed E-state index contributed by atoms with van der Waals surface area (Å²) in [6.07, 6.45) is 4.67. The zero-order valence-electron chi connectivity index (χ0n) is 13.9. The number of hydrogen-bond donors (Lipinski definition) is 2. The van der Waals surface area contributed by atoms with Crippen LogP contribution in [0.15, 0.2) is 29.3 Å². The van der Waals surface area contributed by atoms with Gasteiger partial charge in [-0.2, -0.15) is 0 Å². The fourth-order valence-corrected chi connectivity index (χ4v) is 3.08. The molecular formula is C17H23ClN6. The van der Waals surface area contributed by atoms with Crippen LogP contribution in [-0.2, 0) is 26.1 Å². The van der Waals surface area contributed by atoms with Crippen LogP contribution < -0.4 is 10.6 Å². The van der Waals surface area contributed by atoms with Crippen molar-refractivity contribution < 1.29 is 0 Å². The molecule has 2 heterocycles. The second kappa shape index (κ2) is 8.15. The Kier molecular flexibility index (Phi) is 5.69. The van der Waals surface area contributed by atoms with Gasteiger partial charge in [-0.15, -0.1) is 10.2 Å². The van der Waals surface area contributed by atoms with E-state index in [1.807, 2.05) is 24.3 Å². The molecule has 0 aliphatic carbocycles. The van der Waals surface area contributed by atoms with Gasteiger partial charge in [-0.3, -0.25) is 4.99 Å². The van der Waals surface area contributed by atoms with E-state index in [0.29, 0.717) is 13.1 Å². The minimum atomic E-state index is 0.606. The van der Waals surface area contributed by atoms with Crippen LogP contribution in [0.2, 0.25) is 5.02 Å². The Morgan fingerprint density at radius 1 is 1.17 bits per heavy atom. The number of benzene rings is 1. The molecule has 1 aromatic heterocycles. The molecule has 1 aliphatic rings. The third-order valence-corrected chi connectivity index (χ3v) is 4.60. The smallest absolute Gasteiger partial charge is 0.191 e. The summed E-state index contributed by atoms with van der Waals surface area (Å²) in [7, 11) is 1.76. The maximum Gasteiger partial charge on any atom is 0.191 e. The number of aryl methyl sites for hydroxylation is 1. The third-order valence-electron chi connectivity index (χ3n) is 4.23. The number of halogens is 1. The van der Waals surface area contributed by atoms with Gasteiger partial charge in [0.05, 0.1) is 6.54 Å². The lowest BCUT2D eigenvalue weighted by Crippen LogP contribution is -2.37. The van der Waals surface area contributed by atoms with Crippen LogP contribution in [0.4, 0.5) is 0 Å². The Hall–Kier alpha value is -2.08. The predicted octanol–water partition coefficient (Wildman–Crippen LogP) is 2.52. The molecule has 0 atom stereocenters. The van der Waals surface area contributed by atoms with E-state index in [-0.39, 0.29) is 0 Å². The molecule has 7 heteroatoms. The molecule has 0 saturated heterocycles. The second-order valence-corrected chi connectivity index (χ2v) is 6.27. The van der Waals surface area contributed by atoms with Crippen LogP contribution in [-0.4, -0.2) is 27.8 Å². The van der Waals surface area contributed by atoms with E-state index >= 15 is 0 Å². The first-order valence-electron chi connectivity index (χ1n) is 8.37. The molecule has 1 aliphatic heterocycles. The normalized spacial score (nSPS) is 14.8. The summed E-state index contributed by atoms with van der Waals surface area (Å²) in [5.41, 5.74) is 1.04. The highest BCUT2D eigenvalue weighted by Gasteiger charge is 2.14. The molecule has 0 spiro atoms. The largest absolute Gasteiger partial charge is 0.352 e. The highest BCUT2D eigenvalue weighted by molar-refractivity contribution is 6.31. The molecule has 128 valence electrons. The van der Waals surface area contributed by atoms with Gasteiger partial charge in [0.15, 0.2) is 11.8 Å². The van der Waals surface area contributed by atoms with Gasteiger partial charge in [0.25, 0.3) is 0 Å². The molecular weight excluding hydrogens is 324 g/mol. The molecule has 0 saturated carbocycles. The number of guanidine groups is 1. The van der Waals surface area contributed by atoms with Gasteiger partial charge < -0.3 is 15.2 Å². The van der Waals surface area contributed by atoms with Gasteiger partial charge in [-0.25, -0.2) is 0 Å². The summed E-state index contributed by atoms with van der Waals surface area (Å²) in [5.74, 6) is 2.79. The second-order valence-electron chi connectivity index (χ2n) is 5.87. The van der Waals surface area contributed by atoms with E-state index in [1.54, 1.807) is 7.05 Å². The molecule has 6 nitrogen and oxygen atoms in total. The zero-order valence-corrected chi connectivity index (χ0v) is 14.7. The number of hydrogen-bond acceptors (Lipinski definition) is 3. The Bertz CT molecular complexity index is 709. The average molecular weight is 347 g/mol. The number of rotatable bonds is 4. The highest BCUT2D eigenvalue weighted by Crippen LogP contribution is 2.15. The fourth-order valence-electron chi connectivity index (χ4n) is 2.88. The van der Waals surface area contributed by atoms with Gasteiger partial charge in [0, 0.05) is 31.6 Å². The maximum atomic E-state index is 6.18. The Labute approximate surface area is 147 Å². The number of nitrogens with one attached hydrogen (secondary N) is 2. The molecule has 24 heavy (non-hydrogen) atoms. The van der Waals surface area contributed by atoms with Crippen molar-refractivity contribution in [2.24, 2.45) is 4.99 Å². The van der Waals surface area contributed by atoms with E-state index < -0.39 is 0 Å². The number of aromatic nitrogens is 3. The maximum absolute atomic E-state index is 6.18. The lowest BCUT2D eigenvalue weighted by atomic mass is 10.2. The van der Waals surface area contributed by atoms with Gasteiger partial charge in [0.1, 0.15) is 5.82 Å². The summed E-state index contributed by atoms with van der Waals surface area (Å²) >= 11 is 6.18. The lowest BCUT2D eigenvalue weighted by Gasteiger charge is -2.13. The van der Waals surface area contributed by atoms with E-state index in [2.05, 4.69) is 30.4 Å². The summed E-state index contributed by atoms with van der Waals surface area (Å²) in [6, 6.07) is 7.79.